The first-order chi connectivity index (χ1) is 8.63. The lowest BCUT2D eigenvalue weighted by atomic mass is 10.2. The molecule has 0 saturated heterocycles. The van der Waals surface area contributed by atoms with Crippen LogP contribution in [0, 0.1) is 13.8 Å². The Bertz CT molecular complexity index is 566. The average molecular weight is 257 g/mol. The highest BCUT2D eigenvalue weighted by molar-refractivity contribution is 7.12. The number of nitrogens with one attached hydrogen (secondary N) is 1. The number of carbonyl (C=O) groups is 1. The van der Waals surface area contributed by atoms with Crippen molar-refractivity contribution in [1.82, 2.24) is 0 Å². The maximum atomic E-state index is 11.7. The summed E-state index contributed by atoms with van der Waals surface area (Å²) in [5.74, 6) is -0.107. The molecule has 3 heteroatoms. The fourth-order valence-corrected chi connectivity index (χ4v) is 2.30. The summed E-state index contributed by atoms with van der Waals surface area (Å²) >= 11 is 1.67. The van der Waals surface area contributed by atoms with Gasteiger partial charge in [-0.3, -0.25) is 4.79 Å². The highest BCUT2D eigenvalue weighted by Crippen LogP contribution is 2.16. The van der Waals surface area contributed by atoms with Gasteiger partial charge in [0.1, 0.15) is 0 Å². The lowest BCUT2D eigenvalue weighted by Crippen LogP contribution is -2.07. The van der Waals surface area contributed by atoms with Crippen molar-refractivity contribution in [2.24, 2.45) is 0 Å². The van der Waals surface area contributed by atoms with Crippen molar-refractivity contribution < 1.29 is 4.79 Å². The van der Waals surface area contributed by atoms with Crippen molar-refractivity contribution >= 4 is 29.0 Å². The summed E-state index contributed by atoms with van der Waals surface area (Å²) in [4.78, 5) is 14.0. The van der Waals surface area contributed by atoms with E-state index in [1.807, 2.05) is 56.3 Å². The second-order valence-corrected chi connectivity index (χ2v) is 5.46. The zero-order chi connectivity index (χ0) is 13.0. The van der Waals surface area contributed by atoms with Crippen LogP contribution in [-0.2, 0) is 4.79 Å². The average Bonchev–Trinajstić information content (AvgIpc) is 2.76. The van der Waals surface area contributed by atoms with Crippen LogP contribution >= 0.6 is 11.3 Å². The van der Waals surface area contributed by atoms with Gasteiger partial charge in [-0.1, -0.05) is 17.7 Å². The third-order valence-corrected chi connectivity index (χ3v) is 3.45. The molecule has 0 radical (unpaired) electrons. The molecule has 18 heavy (non-hydrogen) atoms. The van der Waals surface area contributed by atoms with Gasteiger partial charge in [-0.05, 0) is 44.2 Å². The molecule has 2 aromatic rings. The van der Waals surface area contributed by atoms with E-state index in [9.17, 15) is 4.79 Å². The summed E-state index contributed by atoms with van der Waals surface area (Å²) in [6.45, 7) is 4.07. The molecule has 0 spiro atoms. The molecule has 1 N–H and O–H groups in total. The molecule has 1 amide bonds. The maximum Gasteiger partial charge on any atom is 0.248 e. The first-order valence-corrected chi connectivity index (χ1v) is 6.57. The first-order valence-electron chi connectivity index (χ1n) is 5.76. The van der Waals surface area contributed by atoms with Gasteiger partial charge in [0, 0.05) is 21.5 Å². The quantitative estimate of drug-likeness (QED) is 0.827. The van der Waals surface area contributed by atoms with Crippen molar-refractivity contribution in [3.63, 3.8) is 0 Å². The van der Waals surface area contributed by atoms with Crippen LogP contribution in [0.25, 0.3) is 6.08 Å². The van der Waals surface area contributed by atoms with E-state index in [2.05, 4.69) is 5.32 Å². The Kier molecular flexibility index (Phi) is 3.95. The zero-order valence-electron chi connectivity index (χ0n) is 10.4. The van der Waals surface area contributed by atoms with E-state index in [-0.39, 0.29) is 5.91 Å². The monoisotopic (exact) mass is 257 g/mol. The highest BCUT2D eigenvalue weighted by Gasteiger charge is 1.98. The number of hydrogen-bond acceptors (Lipinski definition) is 2. The van der Waals surface area contributed by atoms with E-state index < -0.39 is 0 Å². The highest BCUT2D eigenvalue weighted by atomic mass is 32.1. The summed E-state index contributed by atoms with van der Waals surface area (Å²) in [7, 11) is 0. The van der Waals surface area contributed by atoms with Gasteiger partial charge in [0.15, 0.2) is 0 Å². The van der Waals surface area contributed by atoms with Crippen molar-refractivity contribution in [2.45, 2.75) is 13.8 Å². The minimum atomic E-state index is -0.107. The molecule has 0 aliphatic carbocycles. The Balaban J connectivity index is 1.96. The van der Waals surface area contributed by atoms with Crippen molar-refractivity contribution in [3.8, 4) is 0 Å². The van der Waals surface area contributed by atoms with E-state index in [0.29, 0.717) is 0 Å². The Morgan fingerprint density at radius 1 is 1.11 bits per heavy atom. The number of amides is 1. The lowest BCUT2D eigenvalue weighted by molar-refractivity contribution is -0.111. The van der Waals surface area contributed by atoms with E-state index in [0.717, 1.165) is 10.6 Å². The van der Waals surface area contributed by atoms with E-state index in [1.54, 1.807) is 17.4 Å². The molecule has 1 heterocycles. The van der Waals surface area contributed by atoms with Crippen LogP contribution in [0.1, 0.15) is 15.3 Å². The fraction of sp³-hybridized carbons (Fsp3) is 0.133. The van der Waals surface area contributed by atoms with E-state index >= 15 is 0 Å². The maximum absolute atomic E-state index is 11.7. The zero-order valence-corrected chi connectivity index (χ0v) is 11.3. The summed E-state index contributed by atoms with van der Waals surface area (Å²) < 4.78 is 0. The number of hydrogen-bond donors (Lipinski definition) is 1. The molecular weight excluding hydrogens is 242 g/mol. The van der Waals surface area contributed by atoms with Gasteiger partial charge in [-0.2, -0.15) is 0 Å². The summed E-state index contributed by atoms with van der Waals surface area (Å²) in [5.41, 5.74) is 2.00. The minimum absolute atomic E-state index is 0.107. The first kappa shape index (κ1) is 12.6. The number of thiophene rings is 1. The predicted octanol–water partition coefficient (Wildman–Crippen LogP) is 4.02. The number of anilines is 1. The number of aryl methyl sites for hydroxylation is 2. The molecule has 0 aliphatic rings. The van der Waals surface area contributed by atoms with Crippen molar-refractivity contribution in [1.29, 1.82) is 0 Å². The SMILES string of the molecule is Cc1ccc(NC(=O)/C=C/c2ccc(C)s2)cc1. The van der Waals surface area contributed by atoms with Crippen LogP contribution in [0.15, 0.2) is 42.5 Å². The molecule has 2 rings (SSSR count). The third kappa shape index (κ3) is 3.57. The Labute approximate surface area is 111 Å². The van der Waals surface area contributed by atoms with Gasteiger partial charge in [0.2, 0.25) is 5.91 Å². The summed E-state index contributed by atoms with van der Waals surface area (Å²) in [5, 5.41) is 2.83. The number of rotatable bonds is 3. The molecule has 1 aromatic heterocycles. The number of benzene rings is 1. The molecule has 2 nitrogen and oxygen atoms in total. The van der Waals surface area contributed by atoms with E-state index in [4.69, 9.17) is 0 Å². The van der Waals surface area contributed by atoms with Gasteiger partial charge in [-0.15, -0.1) is 11.3 Å². The molecule has 0 fully saturated rings. The molecule has 92 valence electrons. The summed E-state index contributed by atoms with van der Waals surface area (Å²) in [6, 6.07) is 11.8. The van der Waals surface area contributed by atoms with Crippen LogP contribution in [0.5, 0.6) is 0 Å². The molecule has 1 aromatic carbocycles. The van der Waals surface area contributed by atoms with E-state index in [1.165, 1.54) is 10.4 Å². The second-order valence-electron chi connectivity index (χ2n) is 4.14. The molecule has 0 unspecified atom stereocenters. The largest absolute Gasteiger partial charge is 0.323 e. The van der Waals surface area contributed by atoms with Gasteiger partial charge < -0.3 is 5.32 Å². The lowest BCUT2D eigenvalue weighted by Gasteiger charge is -2.01. The predicted molar refractivity (Wildman–Crippen MR) is 77.9 cm³/mol. The smallest absolute Gasteiger partial charge is 0.248 e. The van der Waals surface area contributed by atoms with Crippen LogP contribution in [0.2, 0.25) is 0 Å². The normalized spacial score (nSPS) is 10.8. The fourth-order valence-electron chi connectivity index (χ4n) is 1.52. The molecule has 0 saturated carbocycles. The standard InChI is InChI=1S/C15H15NOS/c1-11-3-6-13(7-4-11)16-15(17)10-9-14-8-5-12(2)18-14/h3-10H,1-2H3,(H,16,17)/b10-9+. The topological polar surface area (TPSA) is 29.1 Å². The Morgan fingerprint density at radius 2 is 1.83 bits per heavy atom. The third-order valence-electron chi connectivity index (χ3n) is 2.48. The minimum Gasteiger partial charge on any atom is -0.323 e. The van der Waals surface area contributed by atoms with Gasteiger partial charge in [0.05, 0.1) is 0 Å². The van der Waals surface area contributed by atoms with Crippen LogP contribution in [0.4, 0.5) is 5.69 Å². The number of carbonyl (C=O) groups excluding carboxylic acids is 1. The molecule has 0 bridgehead atoms. The van der Waals surface area contributed by atoms with Gasteiger partial charge >= 0.3 is 0 Å². The molecule has 0 atom stereocenters. The molecular formula is C15H15NOS. The van der Waals surface area contributed by atoms with Crippen molar-refractivity contribution in [2.75, 3.05) is 5.32 Å². The van der Waals surface area contributed by atoms with Crippen LogP contribution in [-0.4, -0.2) is 5.91 Å². The van der Waals surface area contributed by atoms with Crippen LogP contribution < -0.4 is 5.32 Å². The van der Waals surface area contributed by atoms with Gasteiger partial charge in [-0.25, -0.2) is 0 Å². The Morgan fingerprint density at radius 3 is 2.44 bits per heavy atom. The molecule has 0 aliphatic heterocycles. The Hall–Kier alpha value is -1.87. The van der Waals surface area contributed by atoms with Gasteiger partial charge in [0.25, 0.3) is 0 Å². The van der Waals surface area contributed by atoms with Crippen molar-refractivity contribution in [3.05, 3.63) is 57.8 Å². The van der Waals surface area contributed by atoms with Crippen LogP contribution in [0.3, 0.4) is 0 Å². The summed E-state index contributed by atoms with van der Waals surface area (Å²) in [6.07, 6.45) is 3.40. The second kappa shape index (κ2) is 5.65.